The summed E-state index contributed by atoms with van der Waals surface area (Å²) in [4.78, 5) is 0.840. The van der Waals surface area contributed by atoms with Crippen molar-refractivity contribution in [1.29, 1.82) is 0 Å². The molecule has 0 aromatic carbocycles. The molecule has 2 aliphatic carbocycles. The summed E-state index contributed by atoms with van der Waals surface area (Å²) in [6.45, 7) is 4.88. The Balaban J connectivity index is 1.66. The quantitative estimate of drug-likeness (QED) is 0.631. The van der Waals surface area contributed by atoms with Crippen molar-refractivity contribution in [3.8, 4) is 0 Å². The average molecular weight is 273 g/mol. The lowest BCUT2D eigenvalue weighted by molar-refractivity contribution is 0.197. The van der Waals surface area contributed by atoms with E-state index in [4.69, 9.17) is 0 Å². The molecule has 2 rings (SSSR count). The fourth-order valence-electron chi connectivity index (χ4n) is 3.01. The molecule has 4 atom stereocenters. The Morgan fingerprint density at radius 2 is 1.80 bits per heavy atom. The van der Waals surface area contributed by atoms with Gasteiger partial charge in [-0.2, -0.15) is 0 Å². The van der Waals surface area contributed by atoms with Crippen molar-refractivity contribution < 1.29 is 0 Å². The van der Waals surface area contributed by atoms with E-state index in [1.54, 1.807) is 0 Å². The SMILES string of the molecule is CC1CCC(CCC(Br)C2CC2)CC1C. The van der Waals surface area contributed by atoms with Gasteiger partial charge in [0.1, 0.15) is 0 Å². The fourth-order valence-corrected chi connectivity index (χ4v) is 3.80. The number of alkyl halides is 1. The minimum Gasteiger partial charge on any atom is -0.0888 e. The molecule has 0 amide bonds. The Labute approximate surface area is 103 Å². The summed E-state index contributed by atoms with van der Waals surface area (Å²) in [7, 11) is 0. The topological polar surface area (TPSA) is 0 Å². The first-order valence-electron chi connectivity index (χ1n) is 6.81. The van der Waals surface area contributed by atoms with Gasteiger partial charge in [0.2, 0.25) is 0 Å². The van der Waals surface area contributed by atoms with E-state index in [-0.39, 0.29) is 0 Å². The first kappa shape index (κ1) is 12.0. The van der Waals surface area contributed by atoms with Crippen LogP contribution >= 0.6 is 15.9 Å². The molecule has 0 nitrogen and oxygen atoms in total. The smallest absolute Gasteiger partial charge is 0.0174 e. The van der Waals surface area contributed by atoms with Crippen LogP contribution in [0.5, 0.6) is 0 Å². The highest BCUT2D eigenvalue weighted by molar-refractivity contribution is 9.09. The molecule has 15 heavy (non-hydrogen) atoms. The van der Waals surface area contributed by atoms with Crippen molar-refractivity contribution in [2.75, 3.05) is 0 Å². The molecule has 0 spiro atoms. The zero-order valence-electron chi connectivity index (χ0n) is 10.2. The first-order valence-corrected chi connectivity index (χ1v) is 7.72. The Hall–Kier alpha value is 0.480. The Kier molecular flexibility index (Phi) is 4.15. The van der Waals surface area contributed by atoms with Crippen LogP contribution in [0, 0.1) is 23.7 Å². The van der Waals surface area contributed by atoms with Crippen LogP contribution in [0.1, 0.15) is 58.8 Å². The second-order valence-electron chi connectivity index (χ2n) is 6.06. The zero-order valence-corrected chi connectivity index (χ0v) is 11.8. The number of rotatable bonds is 4. The predicted octanol–water partition coefficient (Wildman–Crippen LogP) is 5.01. The van der Waals surface area contributed by atoms with Gasteiger partial charge in [-0.15, -0.1) is 0 Å². The van der Waals surface area contributed by atoms with E-state index in [9.17, 15) is 0 Å². The molecule has 0 radical (unpaired) electrons. The lowest BCUT2D eigenvalue weighted by Crippen LogP contribution is -2.21. The molecule has 0 aromatic heterocycles. The van der Waals surface area contributed by atoms with Crippen molar-refractivity contribution in [3.63, 3.8) is 0 Å². The van der Waals surface area contributed by atoms with Crippen molar-refractivity contribution in [1.82, 2.24) is 0 Å². The van der Waals surface area contributed by atoms with Gasteiger partial charge in [0.05, 0.1) is 0 Å². The predicted molar refractivity (Wildman–Crippen MR) is 70.3 cm³/mol. The number of hydrogen-bond acceptors (Lipinski definition) is 0. The summed E-state index contributed by atoms with van der Waals surface area (Å²) in [5.74, 6) is 4.02. The van der Waals surface area contributed by atoms with Crippen LogP contribution in [0.3, 0.4) is 0 Å². The third-order valence-electron chi connectivity index (χ3n) is 4.69. The van der Waals surface area contributed by atoms with Gasteiger partial charge in [-0.25, -0.2) is 0 Å². The van der Waals surface area contributed by atoms with Crippen LogP contribution < -0.4 is 0 Å². The van der Waals surface area contributed by atoms with Gasteiger partial charge in [0.25, 0.3) is 0 Å². The van der Waals surface area contributed by atoms with E-state index in [1.807, 2.05) is 0 Å². The summed E-state index contributed by atoms with van der Waals surface area (Å²) < 4.78 is 0. The van der Waals surface area contributed by atoms with Gasteiger partial charge < -0.3 is 0 Å². The number of hydrogen-bond donors (Lipinski definition) is 0. The highest BCUT2D eigenvalue weighted by Crippen LogP contribution is 2.41. The number of halogens is 1. The molecule has 0 aromatic rings. The van der Waals surface area contributed by atoms with Gasteiger partial charge in [-0.3, -0.25) is 0 Å². The van der Waals surface area contributed by atoms with Crippen LogP contribution in [0.15, 0.2) is 0 Å². The fraction of sp³-hybridized carbons (Fsp3) is 1.00. The molecule has 2 aliphatic rings. The Bertz CT molecular complexity index is 198. The molecule has 0 aliphatic heterocycles. The standard InChI is InChI=1S/C14H25Br/c1-10-3-4-12(9-11(10)2)5-8-14(15)13-6-7-13/h10-14H,3-9H2,1-2H3. The lowest BCUT2D eigenvalue weighted by atomic mass is 9.74. The maximum Gasteiger partial charge on any atom is 0.0174 e. The first-order chi connectivity index (χ1) is 7.16. The van der Waals surface area contributed by atoms with E-state index in [0.717, 1.165) is 28.5 Å². The van der Waals surface area contributed by atoms with Crippen LogP contribution in [0.4, 0.5) is 0 Å². The van der Waals surface area contributed by atoms with Crippen molar-refractivity contribution >= 4 is 15.9 Å². The Morgan fingerprint density at radius 3 is 2.40 bits per heavy atom. The molecule has 1 heteroatoms. The van der Waals surface area contributed by atoms with Crippen LogP contribution in [-0.4, -0.2) is 4.83 Å². The maximum absolute atomic E-state index is 3.86. The van der Waals surface area contributed by atoms with E-state index in [0.29, 0.717) is 0 Å². The maximum atomic E-state index is 3.86. The molecule has 0 heterocycles. The van der Waals surface area contributed by atoms with Crippen molar-refractivity contribution in [3.05, 3.63) is 0 Å². The normalized spacial score (nSPS) is 39.0. The third kappa shape index (κ3) is 3.47. The summed E-state index contributed by atoms with van der Waals surface area (Å²) >= 11 is 3.86. The van der Waals surface area contributed by atoms with Crippen LogP contribution in [-0.2, 0) is 0 Å². The van der Waals surface area contributed by atoms with Gasteiger partial charge >= 0.3 is 0 Å². The molecule has 0 N–H and O–H groups in total. The highest BCUT2D eigenvalue weighted by Gasteiger charge is 2.30. The molecular formula is C14H25Br. The van der Waals surface area contributed by atoms with Gasteiger partial charge in [0.15, 0.2) is 0 Å². The summed E-state index contributed by atoms with van der Waals surface area (Å²) in [6, 6.07) is 0. The largest absolute Gasteiger partial charge is 0.0888 e. The zero-order chi connectivity index (χ0) is 10.8. The lowest BCUT2D eigenvalue weighted by Gasteiger charge is -2.32. The van der Waals surface area contributed by atoms with Crippen molar-refractivity contribution in [2.24, 2.45) is 23.7 Å². The summed E-state index contributed by atoms with van der Waals surface area (Å²) in [5, 5.41) is 0. The molecule has 2 saturated carbocycles. The average Bonchev–Trinajstić information content (AvgIpc) is 3.03. The van der Waals surface area contributed by atoms with E-state index in [2.05, 4.69) is 29.8 Å². The summed E-state index contributed by atoms with van der Waals surface area (Å²) in [6.07, 6.45) is 10.3. The van der Waals surface area contributed by atoms with Gasteiger partial charge in [-0.1, -0.05) is 42.6 Å². The summed E-state index contributed by atoms with van der Waals surface area (Å²) in [5.41, 5.74) is 0. The highest BCUT2D eigenvalue weighted by atomic mass is 79.9. The van der Waals surface area contributed by atoms with Crippen LogP contribution in [0.2, 0.25) is 0 Å². The molecule has 2 fully saturated rings. The Morgan fingerprint density at radius 1 is 1.07 bits per heavy atom. The van der Waals surface area contributed by atoms with E-state index < -0.39 is 0 Å². The van der Waals surface area contributed by atoms with E-state index >= 15 is 0 Å². The minimum atomic E-state index is 0.840. The second-order valence-corrected chi connectivity index (χ2v) is 7.24. The minimum absolute atomic E-state index is 0.840. The molecule has 88 valence electrons. The third-order valence-corrected chi connectivity index (χ3v) is 5.90. The monoisotopic (exact) mass is 272 g/mol. The van der Waals surface area contributed by atoms with Gasteiger partial charge in [0, 0.05) is 4.83 Å². The molecule has 4 unspecified atom stereocenters. The molecule has 0 bridgehead atoms. The van der Waals surface area contributed by atoms with E-state index in [1.165, 1.54) is 44.9 Å². The van der Waals surface area contributed by atoms with Crippen molar-refractivity contribution in [2.45, 2.75) is 63.6 Å². The molecule has 0 saturated heterocycles. The van der Waals surface area contributed by atoms with Gasteiger partial charge in [-0.05, 0) is 55.8 Å². The van der Waals surface area contributed by atoms with Crippen LogP contribution in [0.25, 0.3) is 0 Å². The molecular weight excluding hydrogens is 248 g/mol. The second kappa shape index (κ2) is 5.21.